The Morgan fingerprint density at radius 3 is 2.60 bits per heavy atom. The fourth-order valence-corrected chi connectivity index (χ4v) is 2.09. The number of hydrogen-bond donors (Lipinski definition) is 0. The molecule has 2 aromatic carbocycles. The van der Waals surface area contributed by atoms with Crippen molar-refractivity contribution in [2.24, 2.45) is 0 Å². The molecule has 0 spiro atoms. The molecule has 2 heteroatoms. The van der Waals surface area contributed by atoms with Crippen LogP contribution in [0.25, 0.3) is 16.8 Å². The van der Waals surface area contributed by atoms with Gasteiger partial charge in [0.2, 0.25) is 0 Å². The summed E-state index contributed by atoms with van der Waals surface area (Å²) in [5.41, 5.74) is 1.62. The van der Waals surface area contributed by atoms with Crippen molar-refractivity contribution in [2.45, 2.75) is 0 Å². The highest BCUT2D eigenvalue weighted by atomic mass is 16.1. The first-order valence-electron chi connectivity index (χ1n) is 6.44. The van der Waals surface area contributed by atoms with Crippen molar-refractivity contribution in [1.29, 1.82) is 0 Å². The molecule has 0 N–H and O–H groups in total. The van der Waals surface area contributed by atoms with Gasteiger partial charge in [-0.1, -0.05) is 42.5 Å². The van der Waals surface area contributed by atoms with Crippen molar-refractivity contribution in [3.8, 4) is 0 Å². The van der Waals surface area contributed by atoms with E-state index in [9.17, 15) is 4.79 Å². The van der Waals surface area contributed by atoms with E-state index < -0.39 is 0 Å². The van der Waals surface area contributed by atoms with Crippen molar-refractivity contribution in [3.05, 3.63) is 84.2 Å². The number of fused-ring (bicyclic) bond motifs is 1. The predicted octanol–water partition coefficient (Wildman–Crippen LogP) is 4.13. The van der Waals surface area contributed by atoms with E-state index in [0.717, 1.165) is 16.3 Å². The minimum atomic E-state index is -0.000365. The molecular formula is C18H13NO. The average Bonchev–Trinajstić information content (AvgIpc) is 2.53. The lowest BCUT2D eigenvalue weighted by Crippen LogP contribution is -1.93. The van der Waals surface area contributed by atoms with E-state index in [1.165, 1.54) is 0 Å². The highest BCUT2D eigenvalue weighted by Gasteiger charge is 2.02. The van der Waals surface area contributed by atoms with Crippen LogP contribution in [-0.2, 0) is 0 Å². The van der Waals surface area contributed by atoms with E-state index in [4.69, 9.17) is 0 Å². The van der Waals surface area contributed by atoms with Gasteiger partial charge >= 0.3 is 0 Å². The number of nitrogens with zero attached hydrogens (tertiary/aromatic N) is 1. The van der Waals surface area contributed by atoms with Gasteiger partial charge in [-0.15, -0.1) is 0 Å². The molecule has 0 saturated heterocycles. The van der Waals surface area contributed by atoms with Crippen LogP contribution in [0.5, 0.6) is 0 Å². The maximum Gasteiger partial charge on any atom is 0.185 e. The number of hydrogen-bond acceptors (Lipinski definition) is 2. The normalized spacial score (nSPS) is 11.0. The second kappa shape index (κ2) is 5.49. The summed E-state index contributed by atoms with van der Waals surface area (Å²) in [6.45, 7) is 0. The summed E-state index contributed by atoms with van der Waals surface area (Å²) < 4.78 is 0. The van der Waals surface area contributed by atoms with Crippen LogP contribution in [0.1, 0.15) is 15.9 Å². The zero-order valence-electron chi connectivity index (χ0n) is 10.9. The molecule has 20 heavy (non-hydrogen) atoms. The van der Waals surface area contributed by atoms with Crippen LogP contribution in [0.3, 0.4) is 0 Å². The Morgan fingerprint density at radius 2 is 1.80 bits per heavy atom. The topological polar surface area (TPSA) is 30.0 Å². The molecule has 0 saturated carbocycles. The Morgan fingerprint density at radius 1 is 0.950 bits per heavy atom. The Balaban J connectivity index is 1.87. The van der Waals surface area contributed by atoms with Crippen molar-refractivity contribution in [3.63, 3.8) is 0 Å². The number of carbonyl (C=O) groups is 1. The minimum Gasteiger partial charge on any atom is -0.289 e. The van der Waals surface area contributed by atoms with E-state index >= 15 is 0 Å². The molecule has 0 aliphatic rings. The zero-order valence-corrected chi connectivity index (χ0v) is 10.9. The van der Waals surface area contributed by atoms with Gasteiger partial charge in [0.25, 0.3) is 0 Å². The summed E-state index contributed by atoms with van der Waals surface area (Å²) in [5.74, 6) is -0.000365. The Hall–Kier alpha value is -2.74. The van der Waals surface area contributed by atoms with Gasteiger partial charge in [-0.05, 0) is 40.6 Å². The van der Waals surface area contributed by atoms with Crippen molar-refractivity contribution in [1.82, 2.24) is 4.98 Å². The van der Waals surface area contributed by atoms with Gasteiger partial charge in [-0.3, -0.25) is 9.78 Å². The maximum atomic E-state index is 12.2. The van der Waals surface area contributed by atoms with Gasteiger partial charge in [0, 0.05) is 18.0 Å². The van der Waals surface area contributed by atoms with E-state index in [1.807, 2.05) is 54.6 Å². The summed E-state index contributed by atoms with van der Waals surface area (Å²) in [5, 5.41) is 2.22. The minimum absolute atomic E-state index is 0.000365. The molecule has 2 nitrogen and oxygen atoms in total. The fraction of sp³-hybridized carbons (Fsp3) is 0. The van der Waals surface area contributed by atoms with Gasteiger partial charge in [0.05, 0.1) is 0 Å². The van der Waals surface area contributed by atoms with Crippen LogP contribution in [0.4, 0.5) is 0 Å². The SMILES string of the molecule is O=C(/C=C\c1cccnc1)c1ccc2ccccc2c1. The molecule has 3 rings (SSSR count). The lowest BCUT2D eigenvalue weighted by atomic mass is 10.0. The van der Waals surface area contributed by atoms with Crippen LogP contribution in [0.2, 0.25) is 0 Å². The largest absolute Gasteiger partial charge is 0.289 e. The van der Waals surface area contributed by atoms with Gasteiger partial charge in [-0.25, -0.2) is 0 Å². The molecule has 0 aliphatic carbocycles. The number of pyridine rings is 1. The summed E-state index contributed by atoms with van der Waals surface area (Å²) in [4.78, 5) is 16.2. The molecule has 0 amide bonds. The first-order valence-corrected chi connectivity index (χ1v) is 6.44. The molecule has 0 unspecified atom stereocenters. The summed E-state index contributed by atoms with van der Waals surface area (Å²) in [7, 11) is 0. The zero-order chi connectivity index (χ0) is 13.8. The number of carbonyl (C=O) groups excluding carboxylic acids is 1. The molecule has 0 bridgehead atoms. The first-order chi connectivity index (χ1) is 9.83. The van der Waals surface area contributed by atoms with Crippen LogP contribution in [0, 0.1) is 0 Å². The van der Waals surface area contributed by atoms with E-state index in [1.54, 1.807) is 24.5 Å². The molecule has 1 aromatic heterocycles. The molecule has 0 aliphatic heterocycles. The van der Waals surface area contributed by atoms with E-state index in [-0.39, 0.29) is 5.78 Å². The standard InChI is InChI=1S/C18H13NO/c20-18(10-7-14-4-3-11-19-13-14)17-9-8-15-5-1-2-6-16(15)12-17/h1-13H/b10-7-. The van der Waals surface area contributed by atoms with Crippen molar-refractivity contribution < 1.29 is 4.79 Å². The second-order valence-corrected chi connectivity index (χ2v) is 4.55. The smallest absolute Gasteiger partial charge is 0.185 e. The second-order valence-electron chi connectivity index (χ2n) is 4.55. The third kappa shape index (κ3) is 2.64. The van der Waals surface area contributed by atoms with E-state index in [2.05, 4.69) is 4.98 Å². The number of aromatic nitrogens is 1. The Labute approximate surface area is 117 Å². The van der Waals surface area contributed by atoms with Crippen molar-refractivity contribution >= 4 is 22.6 Å². The highest BCUT2D eigenvalue weighted by molar-refractivity contribution is 6.08. The quantitative estimate of drug-likeness (QED) is 0.523. The van der Waals surface area contributed by atoms with Gasteiger partial charge in [-0.2, -0.15) is 0 Å². The van der Waals surface area contributed by atoms with Gasteiger partial charge in [0.1, 0.15) is 0 Å². The predicted molar refractivity (Wildman–Crippen MR) is 81.5 cm³/mol. The van der Waals surface area contributed by atoms with Gasteiger partial charge in [0.15, 0.2) is 5.78 Å². The third-order valence-corrected chi connectivity index (χ3v) is 3.15. The first kappa shape index (κ1) is 12.3. The molecule has 1 heterocycles. The van der Waals surface area contributed by atoms with Crippen LogP contribution >= 0.6 is 0 Å². The summed E-state index contributed by atoms with van der Waals surface area (Å²) in [6, 6.07) is 17.5. The Kier molecular flexibility index (Phi) is 3.38. The highest BCUT2D eigenvalue weighted by Crippen LogP contribution is 2.16. The molecule has 96 valence electrons. The van der Waals surface area contributed by atoms with Crippen LogP contribution in [0.15, 0.2) is 73.1 Å². The number of benzene rings is 2. The maximum absolute atomic E-state index is 12.2. The number of rotatable bonds is 3. The fourth-order valence-electron chi connectivity index (χ4n) is 2.09. The van der Waals surface area contributed by atoms with Crippen LogP contribution < -0.4 is 0 Å². The number of ketones is 1. The molecule has 0 atom stereocenters. The van der Waals surface area contributed by atoms with Crippen molar-refractivity contribution in [2.75, 3.05) is 0 Å². The lowest BCUT2D eigenvalue weighted by molar-refractivity contribution is 0.104. The van der Waals surface area contributed by atoms with E-state index in [0.29, 0.717) is 5.56 Å². The monoisotopic (exact) mass is 259 g/mol. The molecule has 0 radical (unpaired) electrons. The third-order valence-electron chi connectivity index (χ3n) is 3.15. The Bertz CT molecular complexity index is 776. The van der Waals surface area contributed by atoms with Crippen LogP contribution in [-0.4, -0.2) is 10.8 Å². The summed E-state index contributed by atoms with van der Waals surface area (Å²) in [6.07, 6.45) is 6.80. The average molecular weight is 259 g/mol. The molecular weight excluding hydrogens is 246 g/mol. The summed E-state index contributed by atoms with van der Waals surface area (Å²) >= 11 is 0. The number of allylic oxidation sites excluding steroid dienone is 1. The van der Waals surface area contributed by atoms with Gasteiger partial charge < -0.3 is 0 Å². The molecule has 0 fully saturated rings. The molecule has 3 aromatic rings. The lowest BCUT2D eigenvalue weighted by Gasteiger charge is -2.00.